The van der Waals surface area contributed by atoms with E-state index in [0.29, 0.717) is 11.8 Å². The third-order valence-corrected chi connectivity index (χ3v) is 4.18. The summed E-state index contributed by atoms with van der Waals surface area (Å²) in [5.41, 5.74) is 7.32. The van der Waals surface area contributed by atoms with Crippen molar-refractivity contribution >= 4 is 15.9 Å². The van der Waals surface area contributed by atoms with Crippen LogP contribution in [0.4, 0.5) is 0 Å². The summed E-state index contributed by atoms with van der Waals surface area (Å²) in [5, 5.41) is 3.47. The van der Waals surface area contributed by atoms with Gasteiger partial charge in [-0.05, 0) is 50.0 Å². The minimum atomic E-state index is 0.475. The Morgan fingerprint density at radius 2 is 2.25 bits per heavy atom. The molecule has 3 N–H and O–H groups in total. The summed E-state index contributed by atoms with van der Waals surface area (Å²) in [6.07, 6.45) is 2.56. The molecule has 1 aromatic rings. The van der Waals surface area contributed by atoms with Crippen LogP contribution in [0, 0.1) is 5.92 Å². The molecular weight excluding hydrogens is 264 g/mol. The van der Waals surface area contributed by atoms with Gasteiger partial charge in [0.2, 0.25) is 0 Å². The third-order valence-electron chi connectivity index (χ3n) is 3.46. The van der Waals surface area contributed by atoms with Crippen LogP contribution in [0.3, 0.4) is 0 Å². The molecule has 1 saturated heterocycles. The molecule has 16 heavy (non-hydrogen) atoms. The number of nitrogens with two attached hydrogens (primary N) is 1. The van der Waals surface area contributed by atoms with Gasteiger partial charge < -0.3 is 11.1 Å². The normalized spacial score (nSPS) is 23.0. The molecule has 0 bridgehead atoms. The van der Waals surface area contributed by atoms with Crippen molar-refractivity contribution in [3.05, 3.63) is 34.3 Å². The predicted molar refractivity (Wildman–Crippen MR) is 71.5 cm³/mol. The maximum absolute atomic E-state index is 5.96. The molecule has 3 heteroatoms. The lowest BCUT2D eigenvalue weighted by atomic mass is 9.81. The molecule has 88 valence electrons. The van der Waals surface area contributed by atoms with Gasteiger partial charge in [0.25, 0.3) is 0 Å². The van der Waals surface area contributed by atoms with Crippen LogP contribution in [0.1, 0.15) is 24.3 Å². The number of nitrogens with one attached hydrogen (secondary N) is 1. The van der Waals surface area contributed by atoms with Gasteiger partial charge >= 0.3 is 0 Å². The summed E-state index contributed by atoms with van der Waals surface area (Å²) < 4.78 is 1.19. The van der Waals surface area contributed by atoms with Gasteiger partial charge in [0.15, 0.2) is 0 Å². The highest BCUT2D eigenvalue weighted by atomic mass is 79.9. The van der Waals surface area contributed by atoms with Gasteiger partial charge in [-0.25, -0.2) is 0 Å². The highest BCUT2D eigenvalue weighted by Crippen LogP contribution is 2.32. The third kappa shape index (κ3) is 2.65. The summed E-state index contributed by atoms with van der Waals surface area (Å²) in [6, 6.07) is 8.45. The van der Waals surface area contributed by atoms with E-state index in [9.17, 15) is 0 Å². The molecular formula is C13H19BrN2. The average Bonchev–Trinajstić information content (AvgIpc) is 2.34. The van der Waals surface area contributed by atoms with Crippen molar-refractivity contribution in [3.63, 3.8) is 0 Å². The maximum Gasteiger partial charge on any atom is 0.0210 e. The zero-order valence-electron chi connectivity index (χ0n) is 9.45. The van der Waals surface area contributed by atoms with Gasteiger partial charge in [0.1, 0.15) is 0 Å². The summed E-state index contributed by atoms with van der Waals surface area (Å²) in [4.78, 5) is 0. The molecule has 2 unspecified atom stereocenters. The second-order valence-corrected chi connectivity index (χ2v) is 5.32. The zero-order valence-corrected chi connectivity index (χ0v) is 11.0. The fourth-order valence-electron chi connectivity index (χ4n) is 2.57. The fourth-order valence-corrected chi connectivity index (χ4v) is 3.15. The lowest BCUT2D eigenvalue weighted by molar-refractivity contribution is 0.325. The predicted octanol–water partition coefficient (Wildman–Crippen LogP) is 2.49. The van der Waals surface area contributed by atoms with Crippen LogP contribution in [0.2, 0.25) is 0 Å². The van der Waals surface area contributed by atoms with E-state index in [1.165, 1.54) is 22.9 Å². The Labute approximate surface area is 106 Å². The van der Waals surface area contributed by atoms with Crippen molar-refractivity contribution in [1.29, 1.82) is 0 Å². The molecule has 1 heterocycles. The highest BCUT2D eigenvalue weighted by molar-refractivity contribution is 9.10. The molecule has 2 atom stereocenters. The van der Waals surface area contributed by atoms with Crippen molar-refractivity contribution in [2.45, 2.75) is 18.8 Å². The smallest absolute Gasteiger partial charge is 0.0210 e. The number of benzene rings is 1. The lowest BCUT2D eigenvalue weighted by Crippen LogP contribution is -2.35. The van der Waals surface area contributed by atoms with Crippen LogP contribution in [0.5, 0.6) is 0 Å². The summed E-state index contributed by atoms with van der Waals surface area (Å²) in [7, 11) is 0. The van der Waals surface area contributed by atoms with Gasteiger partial charge in [-0.3, -0.25) is 0 Å². The SMILES string of the molecule is NCC(c1ccccc1Br)C1CCCNC1. The monoisotopic (exact) mass is 282 g/mol. The van der Waals surface area contributed by atoms with Crippen LogP contribution in [-0.2, 0) is 0 Å². The first-order chi connectivity index (χ1) is 7.83. The molecule has 1 aromatic carbocycles. The van der Waals surface area contributed by atoms with E-state index < -0.39 is 0 Å². The lowest BCUT2D eigenvalue weighted by Gasteiger charge is -2.30. The Kier molecular flexibility index (Phi) is 4.38. The molecule has 0 radical (unpaired) electrons. The Morgan fingerprint density at radius 3 is 2.88 bits per heavy atom. The number of piperidine rings is 1. The van der Waals surface area contributed by atoms with Crippen LogP contribution in [0.25, 0.3) is 0 Å². The molecule has 1 aliphatic rings. The van der Waals surface area contributed by atoms with E-state index in [2.05, 4.69) is 45.5 Å². The number of hydrogen-bond acceptors (Lipinski definition) is 2. The van der Waals surface area contributed by atoms with Gasteiger partial charge in [-0.1, -0.05) is 34.1 Å². The second-order valence-electron chi connectivity index (χ2n) is 4.47. The second kappa shape index (κ2) is 5.80. The Balaban J connectivity index is 2.18. The number of rotatable bonds is 3. The van der Waals surface area contributed by atoms with E-state index >= 15 is 0 Å². The molecule has 1 aliphatic heterocycles. The molecule has 0 spiro atoms. The molecule has 0 amide bonds. The van der Waals surface area contributed by atoms with Crippen LogP contribution in [-0.4, -0.2) is 19.6 Å². The van der Waals surface area contributed by atoms with Crippen molar-refractivity contribution in [3.8, 4) is 0 Å². The van der Waals surface area contributed by atoms with E-state index in [4.69, 9.17) is 5.73 Å². The Morgan fingerprint density at radius 1 is 1.44 bits per heavy atom. The van der Waals surface area contributed by atoms with Crippen LogP contribution in [0.15, 0.2) is 28.7 Å². The molecule has 0 saturated carbocycles. The van der Waals surface area contributed by atoms with Gasteiger partial charge in [0, 0.05) is 10.4 Å². The van der Waals surface area contributed by atoms with Gasteiger partial charge in [-0.15, -0.1) is 0 Å². The topological polar surface area (TPSA) is 38.0 Å². The standard InChI is InChI=1S/C13H19BrN2/c14-13-6-2-1-5-11(13)12(8-15)10-4-3-7-16-9-10/h1-2,5-6,10,12,16H,3-4,7-9,15H2. The van der Waals surface area contributed by atoms with Gasteiger partial charge in [-0.2, -0.15) is 0 Å². The van der Waals surface area contributed by atoms with E-state index in [-0.39, 0.29) is 0 Å². The average molecular weight is 283 g/mol. The van der Waals surface area contributed by atoms with E-state index in [1.54, 1.807) is 0 Å². The Bertz CT molecular complexity index is 334. The van der Waals surface area contributed by atoms with Crippen molar-refractivity contribution < 1.29 is 0 Å². The van der Waals surface area contributed by atoms with Gasteiger partial charge in [0.05, 0.1) is 0 Å². The molecule has 0 aromatic heterocycles. The fraction of sp³-hybridized carbons (Fsp3) is 0.538. The molecule has 1 fully saturated rings. The largest absolute Gasteiger partial charge is 0.330 e. The minimum Gasteiger partial charge on any atom is -0.330 e. The van der Waals surface area contributed by atoms with E-state index in [1.807, 2.05) is 0 Å². The quantitative estimate of drug-likeness (QED) is 0.894. The van der Waals surface area contributed by atoms with Crippen LogP contribution >= 0.6 is 15.9 Å². The zero-order chi connectivity index (χ0) is 11.4. The first-order valence-corrected chi connectivity index (χ1v) is 6.77. The Hall–Kier alpha value is -0.380. The molecule has 2 nitrogen and oxygen atoms in total. The first kappa shape index (κ1) is 12.1. The highest BCUT2D eigenvalue weighted by Gasteiger charge is 2.24. The minimum absolute atomic E-state index is 0.475. The maximum atomic E-state index is 5.96. The first-order valence-electron chi connectivity index (χ1n) is 5.98. The van der Waals surface area contributed by atoms with Crippen molar-refractivity contribution in [1.82, 2.24) is 5.32 Å². The van der Waals surface area contributed by atoms with Crippen LogP contribution < -0.4 is 11.1 Å². The molecule has 2 rings (SSSR count). The molecule has 0 aliphatic carbocycles. The van der Waals surface area contributed by atoms with Crippen molar-refractivity contribution in [2.24, 2.45) is 11.7 Å². The summed E-state index contributed by atoms with van der Waals surface area (Å²) >= 11 is 3.63. The summed E-state index contributed by atoms with van der Waals surface area (Å²) in [5.74, 6) is 1.15. The number of halogens is 1. The van der Waals surface area contributed by atoms with E-state index in [0.717, 1.165) is 19.6 Å². The number of hydrogen-bond donors (Lipinski definition) is 2. The summed E-state index contributed by atoms with van der Waals surface area (Å²) in [6.45, 7) is 2.99. The van der Waals surface area contributed by atoms with Crippen molar-refractivity contribution in [2.75, 3.05) is 19.6 Å².